The van der Waals surface area contributed by atoms with Crippen LogP contribution in [0.4, 0.5) is 5.00 Å². The third-order valence-electron chi connectivity index (χ3n) is 4.35. The quantitative estimate of drug-likeness (QED) is 0.702. The standard InChI is InChI=1S/C17H15ClN6OS2/c1-23-7-10(5-21-23)15(25)22-16-13(4-19)12-2-3-24(9-14(12)27-16)8-11-6-20-17(18)26-11/h5-7H,2-3,8-9H2,1H3,(H,22,25). The van der Waals surface area contributed by atoms with Gasteiger partial charge in [0.15, 0.2) is 4.47 Å². The number of halogens is 1. The Morgan fingerprint density at radius 2 is 2.30 bits per heavy atom. The molecule has 0 bridgehead atoms. The Hall–Kier alpha value is -2.25. The number of amides is 1. The van der Waals surface area contributed by atoms with E-state index in [4.69, 9.17) is 11.6 Å². The van der Waals surface area contributed by atoms with Crippen molar-refractivity contribution in [3.05, 3.63) is 49.5 Å². The van der Waals surface area contributed by atoms with Gasteiger partial charge in [-0.1, -0.05) is 11.6 Å². The van der Waals surface area contributed by atoms with Crippen molar-refractivity contribution in [2.24, 2.45) is 7.05 Å². The highest BCUT2D eigenvalue weighted by molar-refractivity contribution is 7.16. The highest BCUT2D eigenvalue weighted by atomic mass is 35.5. The molecule has 3 aromatic rings. The van der Waals surface area contributed by atoms with Crippen molar-refractivity contribution >= 4 is 45.2 Å². The summed E-state index contributed by atoms with van der Waals surface area (Å²) in [5.41, 5.74) is 2.09. The van der Waals surface area contributed by atoms with Gasteiger partial charge in [-0.3, -0.25) is 14.4 Å². The lowest BCUT2D eigenvalue weighted by atomic mass is 10.0. The molecule has 0 spiro atoms. The Bertz CT molecular complexity index is 1050. The lowest BCUT2D eigenvalue weighted by Crippen LogP contribution is -2.29. The number of aromatic nitrogens is 3. The molecule has 0 fully saturated rings. The van der Waals surface area contributed by atoms with E-state index >= 15 is 0 Å². The van der Waals surface area contributed by atoms with Crippen LogP contribution in [-0.2, 0) is 26.6 Å². The molecule has 1 aliphatic heterocycles. The number of carbonyl (C=O) groups excluding carboxylic acids is 1. The molecule has 0 unspecified atom stereocenters. The predicted molar refractivity (Wildman–Crippen MR) is 105 cm³/mol. The van der Waals surface area contributed by atoms with Crippen LogP contribution < -0.4 is 5.32 Å². The van der Waals surface area contributed by atoms with Crippen molar-refractivity contribution in [1.29, 1.82) is 5.26 Å². The fourth-order valence-corrected chi connectivity index (χ4v) is 5.34. The smallest absolute Gasteiger partial charge is 0.259 e. The van der Waals surface area contributed by atoms with Gasteiger partial charge in [-0.15, -0.1) is 22.7 Å². The number of hydrogen-bond acceptors (Lipinski definition) is 7. The first kappa shape index (κ1) is 18.1. The lowest BCUT2D eigenvalue weighted by Gasteiger charge is -2.25. The van der Waals surface area contributed by atoms with E-state index in [1.54, 1.807) is 24.1 Å². The molecule has 1 amide bonds. The van der Waals surface area contributed by atoms with Gasteiger partial charge in [-0.2, -0.15) is 10.4 Å². The number of nitriles is 1. The average molecular weight is 419 g/mol. The highest BCUT2D eigenvalue weighted by Crippen LogP contribution is 2.37. The number of thiophene rings is 1. The summed E-state index contributed by atoms with van der Waals surface area (Å²) < 4.78 is 2.12. The zero-order chi connectivity index (χ0) is 19.0. The number of anilines is 1. The van der Waals surface area contributed by atoms with E-state index in [1.165, 1.54) is 28.9 Å². The average Bonchev–Trinajstić information content (AvgIpc) is 3.33. The maximum atomic E-state index is 12.4. The predicted octanol–water partition coefficient (Wildman–Crippen LogP) is 3.27. The maximum Gasteiger partial charge on any atom is 0.259 e. The van der Waals surface area contributed by atoms with E-state index < -0.39 is 0 Å². The minimum Gasteiger partial charge on any atom is -0.312 e. The van der Waals surface area contributed by atoms with Crippen LogP contribution in [0.2, 0.25) is 4.47 Å². The van der Waals surface area contributed by atoms with Crippen LogP contribution in [0, 0.1) is 11.3 Å². The molecule has 7 nitrogen and oxygen atoms in total. The first-order valence-corrected chi connectivity index (χ1v) is 10.2. The molecule has 0 aliphatic carbocycles. The molecule has 4 rings (SSSR count). The topological polar surface area (TPSA) is 86.8 Å². The molecule has 0 aromatic carbocycles. The SMILES string of the molecule is Cn1cc(C(=O)Nc2sc3c(c2C#N)CCN(Cc2cnc(Cl)s2)C3)cn1. The zero-order valence-electron chi connectivity index (χ0n) is 14.4. The van der Waals surface area contributed by atoms with Gasteiger partial charge in [0.05, 0.1) is 17.3 Å². The summed E-state index contributed by atoms with van der Waals surface area (Å²) >= 11 is 8.87. The minimum atomic E-state index is -0.255. The maximum absolute atomic E-state index is 12.4. The summed E-state index contributed by atoms with van der Waals surface area (Å²) in [4.78, 5) is 21.0. The highest BCUT2D eigenvalue weighted by Gasteiger charge is 2.26. The van der Waals surface area contributed by atoms with Crippen LogP contribution in [0.25, 0.3) is 0 Å². The molecule has 138 valence electrons. The van der Waals surface area contributed by atoms with Gasteiger partial charge in [0.1, 0.15) is 11.1 Å². The Morgan fingerprint density at radius 3 is 2.96 bits per heavy atom. The summed E-state index contributed by atoms with van der Waals surface area (Å²) in [6.45, 7) is 2.37. The molecule has 0 radical (unpaired) electrons. The van der Waals surface area contributed by atoms with Crippen LogP contribution in [0.5, 0.6) is 0 Å². The second-order valence-electron chi connectivity index (χ2n) is 6.22. The Balaban J connectivity index is 1.52. The number of carbonyl (C=O) groups is 1. The number of hydrogen-bond donors (Lipinski definition) is 1. The molecule has 1 aliphatic rings. The molecule has 1 N–H and O–H groups in total. The van der Waals surface area contributed by atoms with Crippen LogP contribution in [0.15, 0.2) is 18.6 Å². The van der Waals surface area contributed by atoms with E-state index in [9.17, 15) is 10.1 Å². The Morgan fingerprint density at radius 1 is 1.44 bits per heavy atom. The number of nitrogens with one attached hydrogen (secondary N) is 1. The third-order valence-corrected chi connectivity index (χ3v) is 6.58. The van der Waals surface area contributed by atoms with Crippen molar-refractivity contribution in [2.75, 3.05) is 11.9 Å². The van der Waals surface area contributed by atoms with Gasteiger partial charge < -0.3 is 5.32 Å². The Kier molecular flexibility index (Phi) is 4.97. The van der Waals surface area contributed by atoms with Crippen LogP contribution in [0.3, 0.4) is 0 Å². The molecule has 0 saturated carbocycles. The number of aryl methyl sites for hydroxylation is 1. The van der Waals surface area contributed by atoms with E-state index in [2.05, 4.69) is 26.4 Å². The van der Waals surface area contributed by atoms with Crippen molar-refractivity contribution in [3.8, 4) is 6.07 Å². The van der Waals surface area contributed by atoms with Crippen molar-refractivity contribution in [1.82, 2.24) is 19.7 Å². The number of thiazole rings is 1. The first-order chi connectivity index (χ1) is 13.0. The fraction of sp³-hybridized carbons (Fsp3) is 0.294. The normalized spacial score (nSPS) is 14.0. The van der Waals surface area contributed by atoms with Gasteiger partial charge in [-0.05, 0) is 12.0 Å². The monoisotopic (exact) mass is 418 g/mol. The van der Waals surface area contributed by atoms with Crippen molar-refractivity contribution in [3.63, 3.8) is 0 Å². The zero-order valence-corrected chi connectivity index (χ0v) is 16.8. The molecule has 27 heavy (non-hydrogen) atoms. The summed E-state index contributed by atoms with van der Waals surface area (Å²) in [6, 6.07) is 2.26. The first-order valence-electron chi connectivity index (χ1n) is 8.20. The van der Waals surface area contributed by atoms with Crippen LogP contribution in [0.1, 0.15) is 31.2 Å². The molecule has 3 aromatic heterocycles. The largest absolute Gasteiger partial charge is 0.312 e. The van der Waals surface area contributed by atoms with E-state index in [0.717, 1.165) is 41.4 Å². The Labute approximate surface area is 168 Å². The van der Waals surface area contributed by atoms with Gasteiger partial charge >= 0.3 is 0 Å². The lowest BCUT2D eigenvalue weighted by molar-refractivity contribution is 0.102. The van der Waals surface area contributed by atoms with Crippen LogP contribution >= 0.6 is 34.3 Å². The fourth-order valence-electron chi connectivity index (χ4n) is 3.09. The van der Waals surface area contributed by atoms with Gasteiger partial charge in [0, 0.05) is 48.8 Å². The second-order valence-corrected chi connectivity index (χ2v) is 9.02. The number of rotatable bonds is 4. The molecular formula is C17H15ClN6OS2. The third kappa shape index (κ3) is 3.75. The van der Waals surface area contributed by atoms with Crippen molar-refractivity contribution in [2.45, 2.75) is 19.5 Å². The van der Waals surface area contributed by atoms with Gasteiger partial charge in [-0.25, -0.2) is 4.98 Å². The van der Waals surface area contributed by atoms with E-state index in [0.29, 0.717) is 20.6 Å². The van der Waals surface area contributed by atoms with E-state index in [1.807, 2.05) is 0 Å². The second kappa shape index (κ2) is 7.40. The van der Waals surface area contributed by atoms with Crippen LogP contribution in [-0.4, -0.2) is 32.1 Å². The molecule has 0 atom stereocenters. The molecule has 0 saturated heterocycles. The van der Waals surface area contributed by atoms with E-state index in [-0.39, 0.29) is 5.91 Å². The van der Waals surface area contributed by atoms with Gasteiger partial charge in [0.25, 0.3) is 5.91 Å². The van der Waals surface area contributed by atoms with Crippen molar-refractivity contribution < 1.29 is 4.79 Å². The summed E-state index contributed by atoms with van der Waals surface area (Å²) in [6.07, 6.45) is 5.74. The minimum absolute atomic E-state index is 0.255. The molecule has 4 heterocycles. The summed E-state index contributed by atoms with van der Waals surface area (Å²) in [7, 11) is 1.76. The number of nitrogens with zero attached hydrogens (tertiary/aromatic N) is 5. The number of fused-ring (bicyclic) bond motifs is 1. The summed E-state index contributed by atoms with van der Waals surface area (Å²) in [5, 5.41) is 17.1. The van der Waals surface area contributed by atoms with Gasteiger partial charge in [0.2, 0.25) is 0 Å². The summed E-state index contributed by atoms with van der Waals surface area (Å²) in [5.74, 6) is -0.255. The molecular weight excluding hydrogens is 404 g/mol. The molecule has 10 heteroatoms.